The Balaban J connectivity index is 1.98. The maximum atomic E-state index is 12.1. The van der Waals surface area contributed by atoms with E-state index in [1.807, 2.05) is 37.3 Å². The average molecular weight is 267 g/mol. The van der Waals surface area contributed by atoms with Crippen LogP contribution in [0, 0.1) is 13.8 Å². The highest BCUT2D eigenvalue weighted by atomic mass is 16.2. The minimum Gasteiger partial charge on any atom is -0.317 e. The molecule has 3 rings (SSSR count). The monoisotopic (exact) mass is 267 g/mol. The molecular weight excluding hydrogens is 254 g/mol. The summed E-state index contributed by atoms with van der Waals surface area (Å²) in [5.41, 5.74) is 2.31. The van der Waals surface area contributed by atoms with E-state index in [1.165, 1.54) is 0 Å². The second-order valence-electron chi connectivity index (χ2n) is 4.53. The summed E-state index contributed by atoms with van der Waals surface area (Å²) in [4.78, 5) is 20.5. The summed E-state index contributed by atoms with van der Waals surface area (Å²) in [6, 6.07) is 9.55. The minimum absolute atomic E-state index is 0.118. The molecule has 6 nitrogen and oxygen atoms in total. The SMILES string of the molecule is Cc1ccc2cccc(NC(=O)c3n[nH]c(C)n3)c2n1. The van der Waals surface area contributed by atoms with Crippen molar-refractivity contribution in [2.45, 2.75) is 13.8 Å². The summed E-state index contributed by atoms with van der Waals surface area (Å²) in [5.74, 6) is 0.361. The summed E-state index contributed by atoms with van der Waals surface area (Å²) >= 11 is 0. The first kappa shape index (κ1) is 12.3. The third-order valence-electron chi connectivity index (χ3n) is 2.91. The molecular formula is C14H13N5O. The molecule has 0 aliphatic rings. The predicted octanol–water partition coefficient (Wildman–Crippen LogP) is 2.22. The van der Waals surface area contributed by atoms with Gasteiger partial charge in [-0.1, -0.05) is 18.2 Å². The molecule has 1 amide bonds. The van der Waals surface area contributed by atoms with Crippen molar-refractivity contribution in [2.75, 3.05) is 5.32 Å². The maximum Gasteiger partial charge on any atom is 0.295 e. The highest BCUT2D eigenvalue weighted by molar-refractivity contribution is 6.06. The number of H-pyrrole nitrogens is 1. The van der Waals surface area contributed by atoms with E-state index >= 15 is 0 Å². The van der Waals surface area contributed by atoms with Crippen molar-refractivity contribution in [3.05, 3.63) is 47.7 Å². The van der Waals surface area contributed by atoms with Crippen molar-refractivity contribution in [1.29, 1.82) is 0 Å². The fraction of sp³-hybridized carbons (Fsp3) is 0.143. The Morgan fingerprint density at radius 1 is 1.15 bits per heavy atom. The zero-order chi connectivity index (χ0) is 14.1. The Labute approximate surface area is 115 Å². The van der Waals surface area contributed by atoms with Crippen LogP contribution >= 0.6 is 0 Å². The van der Waals surface area contributed by atoms with Crippen molar-refractivity contribution in [2.24, 2.45) is 0 Å². The second kappa shape index (κ2) is 4.73. The van der Waals surface area contributed by atoms with E-state index in [0.29, 0.717) is 11.5 Å². The topological polar surface area (TPSA) is 83.6 Å². The lowest BCUT2D eigenvalue weighted by atomic mass is 10.1. The molecule has 0 bridgehead atoms. The first-order valence-corrected chi connectivity index (χ1v) is 6.20. The van der Waals surface area contributed by atoms with E-state index in [4.69, 9.17) is 0 Å². The van der Waals surface area contributed by atoms with Crippen molar-refractivity contribution < 1.29 is 4.79 Å². The van der Waals surface area contributed by atoms with E-state index in [-0.39, 0.29) is 11.7 Å². The quantitative estimate of drug-likeness (QED) is 0.745. The molecule has 0 aliphatic carbocycles. The average Bonchev–Trinajstić information content (AvgIpc) is 2.86. The lowest BCUT2D eigenvalue weighted by molar-refractivity contribution is 0.101. The molecule has 3 aromatic rings. The molecule has 20 heavy (non-hydrogen) atoms. The van der Waals surface area contributed by atoms with E-state index < -0.39 is 0 Å². The van der Waals surface area contributed by atoms with Crippen LogP contribution in [0.1, 0.15) is 22.1 Å². The number of para-hydroxylation sites is 1. The van der Waals surface area contributed by atoms with Gasteiger partial charge in [-0.05, 0) is 26.0 Å². The number of rotatable bonds is 2. The van der Waals surface area contributed by atoms with Gasteiger partial charge in [-0.2, -0.15) is 0 Å². The van der Waals surface area contributed by atoms with Crippen molar-refractivity contribution in [3.8, 4) is 0 Å². The highest BCUT2D eigenvalue weighted by Gasteiger charge is 2.13. The lowest BCUT2D eigenvalue weighted by Gasteiger charge is -2.07. The normalized spacial score (nSPS) is 10.7. The molecule has 2 heterocycles. The number of nitrogens with zero attached hydrogens (tertiary/aromatic N) is 3. The number of anilines is 1. The van der Waals surface area contributed by atoms with Crippen LogP contribution in [0.3, 0.4) is 0 Å². The van der Waals surface area contributed by atoms with Crippen LogP contribution < -0.4 is 5.32 Å². The molecule has 1 aromatic carbocycles. The van der Waals surface area contributed by atoms with Gasteiger partial charge in [-0.3, -0.25) is 14.9 Å². The molecule has 0 saturated heterocycles. The minimum atomic E-state index is -0.356. The molecule has 0 fully saturated rings. The number of pyridine rings is 1. The first-order chi connectivity index (χ1) is 9.63. The third-order valence-corrected chi connectivity index (χ3v) is 2.91. The smallest absolute Gasteiger partial charge is 0.295 e. The number of aromatic amines is 1. The fourth-order valence-electron chi connectivity index (χ4n) is 1.97. The summed E-state index contributed by atoms with van der Waals surface area (Å²) in [7, 11) is 0. The second-order valence-corrected chi connectivity index (χ2v) is 4.53. The highest BCUT2D eigenvalue weighted by Crippen LogP contribution is 2.22. The van der Waals surface area contributed by atoms with Gasteiger partial charge in [0.15, 0.2) is 0 Å². The van der Waals surface area contributed by atoms with Gasteiger partial charge in [0.2, 0.25) is 5.82 Å². The maximum absolute atomic E-state index is 12.1. The van der Waals surface area contributed by atoms with Crippen LogP contribution in [0.2, 0.25) is 0 Å². The Kier molecular flexibility index (Phi) is 2.90. The van der Waals surface area contributed by atoms with Gasteiger partial charge in [0, 0.05) is 11.1 Å². The number of hydrogen-bond acceptors (Lipinski definition) is 4. The van der Waals surface area contributed by atoms with Crippen LogP contribution in [-0.4, -0.2) is 26.1 Å². The molecule has 0 spiro atoms. The summed E-state index contributed by atoms with van der Waals surface area (Å²) < 4.78 is 0. The summed E-state index contributed by atoms with van der Waals surface area (Å²) in [5, 5.41) is 10.3. The molecule has 0 saturated carbocycles. The van der Waals surface area contributed by atoms with Crippen molar-refractivity contribution >= 4 is 22.5 Å². The van der Waals surface area contributed by atoms with Crippen molar-refractivity contribution in [1.82, 2.24) is 20.2 Å². The summed E-state index contributed by atoms with van der Waals surface area (Å²) in [6.45, 7) is 3.66. The van der Waals surface area contributed by atoms with Gasteiger partial charge in [-0.15, -0.1) is 5.10 Å². The fourth-order valence-corrected chi connectivity index (χ4v) is 1.97. The zero-order valence-corrected chi connectivity index (χ0v) is 11.1. The first-order valence-electron chi connectivity index (χ1n) is 6.20. The number of aromatic nitrogens is 4. The van der Waals surface area contributed by atoms with Gasteiger partial charge in [-0.25, -0.2) is 4.98 Å². The predicted molar refractivity (Wildman–Crippen MR) is 75.6 cm³/mol. The summed E-state index contributed by atoms with van der Waals surface area (Å²) in [6.07, 6.45) is 0. The molecule has 6 heteroatoms. The lowest BCUT2D eigenvalue weighted by Crippen LogP contribution is -2.14. The third kappa shape index (κ3) is 2.23. The Morgan fingerprint density at radius 3 is 2.75 bits per heavy atom. The standard InChI is InChI=1S/C14H13N5O/c1-8-6-7-10-4-3-5-11(12(10)15-8)17-14(20)13-16-9(2)18-19-13/h3-7H,1-2H3,(H,17,20)(H,16,18,19). The molecule has 0 radical (unpaired) electrons. The number of fused-ring (bicyclic) bond motifs is 1. The molecule has 2 aromatic heterocycles. The number of carbonyl (C=O) groups excluding carboxylic acids is 1. The Morgan fingerprint density at radius 2 is 2.00 bits per heavy atom. The Hall–Kier alpha value is -2.76. The van der Waals surface area contributed by atoms with Gasteiger partial charge in [0.25, 0.3) is 5.91 Å². The molecule has 2 N–H and O–H groups in total. The van der Waals surface area contributed by atoms with Crippen LogP contribution in [0.5, 0.6) is 0 Å². The molecule has 0 atom stereocenters. The largest absolute Gasteiger partial charge is 0.317 e. The number of nitrogens with one attached hydrogen (secondary N) is 2. The number of benzene rings is 1. The molecule has 0 aliphatic heterocycles. The zero-order valence-electron chi connectivity index (χ0n) is 11.1. The van der Waals surface area contributed by atoms with E-state index in [0.717, 1.165) is 16.6 Å². The van der Waals surface area contributed by atoms with Crippen LogP contribution in [-0.2, 0) is 0 Å². The molecule has 100 valence electrons. The van der Waals surface area contributed by atoms with Gasteiger partial charge in [0.1, 0.15) is 5.82 Å². The van der Waals surface area contributed by atoms with E-state index in [9.17, 15) is 4.79 Å². The van der Waals surface area contributed by atoms with E-state index in [1.54, 1.807) is 6.92 Å². The molecule has 0 unspecified atom stereocenters. The number of carbonyl (C=O) groups is 1. The van der Waals surface area contributed by atoms with Gasteiger partial charge in [0.05, 0.1) is 11.2 Å². The van der Waals surface area contributed by atoms with Crippen LogP contribution in [0.25, 0.3) is 10.9 Å². The Bertz CT molecular complexity index is 793. The number of hydrogen-bond donors (Lipinski definition) is 2. The van der Waals surface area contributed by atoms with Gasteiger partial charge < -0.3 is 5.32 Å². The van der Waals surface area contributed by atoms with Crippen LogP contribution in [0.4, 0.5) is 5.69 Å². The van der Waals surface area contributed by atoms with Gasteiger partial charge >= 0.3 is 0 Å². The van der Waals surface area contributed by atoms with E-state index in [2.05, 4.69) is 25.5 Å². The number of aryl methyl sites for hydroxylation is 2. The van der Waals surface area contributed by atoms with Crippen LogP contribution in [0.15, 0.2) is 30.3 Å². The number of amides is 1. The van der Waals surface area contributed by atoms with Crippen molar-refractivity contribution in [3.63, 3.8) is 0 Å².